The first-order valence-electron chi connectivity index (χ1n) is 11.0. The zero-order valence-corrected chi connectivity index (χ0v) is 20.8. The van der Waals surface area contributed by atoms with Gasteiger partial charge in [-0.3, -0.25) is 0 Å². The molecule has 2 rings (SSSR count). The molecular formula is C29H42. The molecule has 0 saturated carbocycles. The van der Waals surface area contributed by atoms with Crippen molar-refractivity contribution in [3.8, 4) is 0 Å². The molecule has 0 heterocycles. The first kappa shape index (κ1) is 23.5. The van der Waals surface area contributed by atoms with Gasteiger partial charge in [0.25, 0.3) is 0 Å². The minimum Gasteiger partial charge on any atom is -0.0952 e. The van der Waals surface area contributed by atoms with E-state index in [-0.39, 0.29) is 16.2 Å². The maximum absolute atomic E-state index is 4.56. The molecule has 0 aliphatic rings. The van der Waals surface area contributed by atoms with Crippen LogP contribution in [0, 0.1) is 33.1 Å². The number of hydrogen-bond donors (Lipinski definition) is 0. The third kappa shape index (κ3) is 4.68. The van der Waals surface area contributed by atoms with E-state index < -0.39 is 0 Å². The fraction of sp³-hybridized carbons (Fsp3) is 0.517. The Kier molecular flexibility index (Phi) is 6.30. The van der Waals surface area contributed by atoms with Crippen LogP contribution in [0.15, 0.2) is 36.9 Å². The summed E-state index contributed by atoms with van der Waals surface area (Å²) in [6, 6.07) is 11.7. The predicted molar refractivity (Wildman–Crippen MR) is 131 cm³/mol. The molecule has 0 aromatic heterocycles. The molecule has 1 atom stereocenters. The van der Waals surface area contributed by atoms with Crippen LogP contribution in [0.25, 0.3) is 5.57 Å². The monoisotopic (exact) mass is 390 g/mol. The molecule has 0 N–H and O–H groups in total. The van der Waals surface area contributed by atoms with Crippen LogP contribution in [0.3, 0.4) is 0 Å². The second kappa shape index (κ2) is 7.78. The Hall–Kier alpha value is -1.82. The van der Waals surface area contributed by atoms with E-state index in [2.05, 4.69) is 113 Å². The Morgan fingerprint density at radius 2 is 1.28 bits per heavy atom. The van der Waals surface area contributed by atoms with Crippen molar-refractivity contribution >= 4 is 5.57 Å². The summed E-state index contributed by atoms with van der Waals surface area (Å²) in [6.45, 7) is 29.8. The molecule has 0 radical (unpaired) electrons. The van der Waals surface area contributed by atoms with Gasteiger partial charge in [0, 0.05) is 5.41 Å². The van der Waals surface area contributed by atoms with Crippen molar-refractivity contribution < 1.29 is 0 Å². The quantitative estimate of drug-likeness (QED) is 0.490. The Balaban J connectivity index is 2.53. The van der Waals surface area contributed by atoms with E-state index in [1.165, 1.54) is 44.5 Å². The molecule has 158 valence electrons. The number of hydrogen-bond acceptors (Lipinski definition) is 0. The van der Waals surface area contributed by atoms with Crippen LogP contribution in [-0.4, -0.2) is 0 Å². The first-order valence-corrected chi connectivity index (χ1v) is 11.0. The number of rotatable bonds is 4. The molecule has 0 amide bonds. The van der Waals surface area contributed by atoms with Gasteiger partial charge in [0.15, 0.2) is 0 Å². The van der Waals surface area contributed by atoms with Gasteiger partial charge in [-0.2, -0.15) is 0 Å². The number of allylic oxidation sites excluding steroid dienone is 1. The molecule has 29 heavy (non-hydrogen) atoms. The molecule has 0 aliphatic heterocycles. The van der Waals surface area contributed by atoms with Crippen LogP contribution in [0.5, 0.6) is 0 Å². The Morgan fingerprint density at radius 1 is 0.759 bits per heavy atom. The molecule has 0 spiro atoms. The average Bonchev–Trinajstić information content (AvgIpc) is 2.57. The van der Waals surface area contributed by atoms with Crippen molar-refractivity contribution in [2.45, 2.75) is 93.4 Å². The molecular weight excluding hydrogens is 348 g/mol. The second-order valence-electron chi connectivity index (χ2n) is 11.4. The SMILES string of the molecule is C=C(CC(C)(c1cc(C)c(C)c(C)c1)C(C)(C)C)c1ccc(C)c(C(C)(C)C)c1. The molecule has 0 aliphatic carbocycles. The molecule has 0 heteroatoms. The fourth-order valence-corrected chi connectivity index (χ4v) is 4.33. The molecule has 2 aromatic rings. The van der Waals surface area contributed by atoms with E-state index in [9.17, 15) is 0 Å². The second-order valence-corrected chi connectivity index (χ2v) is 11.4. The van der Waals surface area contributed by atoms with Gasteiger partial charge in [-0.05, 0) is 89.5 Å². The minimum absolute atomic E-state index is 0.0000846. The minimum atomic E-state index is 0.0000846. The van der Waals surface area contributed by atoms with Gasteiger partial charge < -0.3 is 0 Å². The summed E-state index contributed by atoms with van der Waals surface area (Å²) in [5.74, 6) is 0. The van der Waals surface area contributed by atoms with E-state index in [1.807, 2.05) is 0 Å². The van der Waals surface area contributed by atoms with Crippen molar-refractivity contribution in [3.63, 3.8) is 0 Å². The summed E-state index contributed by atoms with van der Waals surface area (Å²) < 4.78 is 0. The van der Waals surface area contributed by atoms with Gasteiger partial charge >= 0.3 is 0 Å². The average molecular weight is 391 g/mol. The third-order valence-corrected chi connectivity index (χ3v) is 7.24. The molecule has 1 unspecified atom stereocenters. The van der Waals surface area contributed by atoms with Gasteiger partial charge in [0.2, 0.25) is 0 Å². The third-order valence-electron chi connectivity index (χ3n) is 7.24. The highest BCUT2D eigenvalue weighted by Crippen LogP contribution is 2.48. The lowest BCUT2D eigenvalue weighted by Crippen LogP contribution is -2.37. The van der Waals surface area contributed by atoms with E-state index in [1.54, 1.807) is 0 Å². The van der Waals surface area contributed by atoms with E-state index in [4.69, 9.17) is 0 Å². The summed E-state index contributed by atoms with van der Waals surface area (Å²) in [4.78, 5) is 0. The lowest BCUT2D eigenvalue weighted by Gasteiger charge is -2.44. The number of aryl methyl sites for hydroxylation is 3. The molecule has 0 bridgehead atoms. The van der Waals surface area contributed by atoms with Crippen molar-refractivity contribution in [2.24, 2.45) is 5.41 Å². The lowest BCUT2D eigenvalue weighted by molar-refractivity contribution is 0.208. The van der Waals surface area contributed by atoms with Crippen molar-refractivity contribution in [1.82, 2.24) is 0 Å². The van der Waals surface area contributed by atoms with Crippen LogP contribution in [0.4, 0.5) is 0 Å². The maximum Gasteiger partial charge on any atom is 0.00137 e. The smallest absolute Gasteiger partial charge is 0.00137 e. The van der Waals surface area contributed by atoms with Gasteiger partial charge in [0.05, 0.1) is 0 Å². The summed E-state index contributed by atoms with van der Waals surface area (Å²) >= 11 is 0. The van der Waals surface area contributed by atoms with E-state index >= 15 is 0 Å². The van der Waals surface area contributed by atoms with Crippen molar-refractivity contribution in [3.05, 3.63) is 75.9 Å². The Labute approximate surface area is 180 Å². The normalized spacial score (nSPS) is 14.6. The highest BCUT2D eigenvalue weighted by atomic mass is 14.4. The van der Waals surface area contributed by atoms with E-state index in [0.29, 0.717) is 0 Å². The molecule has 0 fully saturated rings. The summed E-state index contributed by atoms with van der Waals surface area (Å²) in [5.41, 5.74) is 11.1. The topological polar surface area (TPSA) is 0 Å². The van der Waals surface area contributed by atoms with Gasteiger partial charge in [-0.1, -0.05) is 85.4 Å². The van der Waals surface area contributed by atoms with Crippen LogP contribution in [0.2, 0.25) is 0 Å². The van der Waals surface area contributed by atoms with Gasteiger partial charge in [0.1, 0.15) is 0 Å². The highest BCUT2D eigenvalue weighted by Gasteiger charge is 2.40. The fourth-order valence-electron chi connectivity index (χ4n) is 4.33. The van der Waals surface area contributed by atoms with Gasteiger partial charge in [-0.15, -0.1) is 0 Å². The van der Waals surface area contributed by atoms with Crippen LogP contribution < -0.4 is 0 Å². The van der Waals surface area contributed by atoms with Crippen LogP contribution in [0.1, 0.15) is 93.8 Å². The van der Waals surface area contributed by atoms with Crippen LogP contribution in [-0.2, 0) is 10.8 Å². The number of benzene rings is 2. The molecule has 0 nitrogen and oxygen atoms in total. The maximum atomic E-state index is 4.56. The van der Waals surface area contributed by atoms with Gasteiger partial charge in [-0.25, -0.2) is 0 Å². The zero-order valence-electron chi connectivity index (χ0n) is 20.8. The lowest BCUT2D eigenvalue weighted by atomic mass is 9.60. The first-order chi connectivity index (χ1) is 13.1. The standard InChI is InChI=1S/C29H42/c1-19-13-14-24(17-26(19)27(6,7)8)22(4)18-29(12,28(9,10)11)25-15-20(2)23(5)21(3)16-25/h13-17H,4,18H2,1-3,5-12H3. The Morgan fingerprint density at radius 3 is 1.72 bits per heavy atom. The highest BCUT2D eigenvalue weighted by molar-refractivity contribution is 5.66. The summed E-state index contributed by atoms with van der Waals surface area (Å²) in [6.07, 6.45) is 0.949. The van der Waals surface area contributed by atoms with Crippen molar-refractivity contribution in [1.29, 1.82) is 0 Å². The molecule has 0 saturated heterocycles. The molecule has 2 aromatic carbocycles. The largest absolute Gasteiger partial charge is 0.0952 e. The summed E-state index contributed by atoms with van der Waals surface area (Å²) in [7, 11) is 0. The Bertz CT molecular complexity index is 889. The van der Waals surface area contributed by atoms with Crippen LogP contribution >= 0.6 is 0 Å². The zero-order chi connectivity index (χ0) is 22.4. The van der Waals surface area contributed by atoms with E-state index in [0.717, 1.165) is 6.42 Å². The van der Waals surface area contributed by atoms with Crippen molar-refractivity contribution in [2.75, 3.05) is 0 Å². The summed E-state index contributed by atoms with van der Waals surface area (Å²) in [5, 5.41) is 0. The predicted octanol–water partition coefficient (Wildman–Crippen LogP) is 8.63.